The van der Waals surface area contributed by atoms with Gasteiger partial charge in [0.2, 0.25) is 0 Å². The fraction of sp³-hybridized carbons (Fsp3) is 0.400. The van der Waals surface area contributed by atoms with Crippen molar-refractivity contribution < 1.29 is 0 Å². The Kier molecular flexibility index (Phi) is 1.77. The van der Waals surface area contributed by atoms with Crippen LogP contribution in [0.15, 0.2) is 18.2 Å². The summed E-state index contributed by atoms with van der Waals surface area (Å²) in [6.45, 7) is 5.38. The van der Waals surface area contributed by atoms with Crippen molar-refractivity contribution in [2.75, 3.05) is 5.43 Å². The fourth-order valence-electron chi connectivity index (χ4n) is 1.48. The summed E-state index contributed by atoms with van der Waals surface area (Å²) in [6, 6.07) is 6.60. The number of nitrogens with one attached hydrogen (secondary N) is 2. The van der Waals surface area contributed by atoms with E-state index < -0.39 is 0 Å². The molecule has 2 rings (SSSR count). The first-order valence-corrected chi connectivity index (χ1v) is 4.39. The van der Waals surface area contributed by atoms with Gasteiger partial charge in [0.25, 0.3) is 0 Å². The molecule has 64 valence electrons. The standard InChI is InChI=1S/C10H14N2/c1-7(2)8-3-4-10-9(5-8)6-11-12-10/h3-5,7,11-12H,6H2,1-2H3. The van der Waals surface area contributed by atoms with E-state index in [1.807, 2.05) is 0 Å². The fourth-order valence-corrected chi connectivity index (χ4v) is 1.48. The van der Waals surface area contributed by atoms with Crippen molar-refractivity contribution in [3.05, 3.63) is 29.3 Å². The molecule has 1 aromatic carbocycles. The molecule has 0 aliphatic carbocycles. The van der Waals surface area contributed by atoms with Crippen LogP contribution in [0.2, 0.25) is 0 Å². The molecule has 2 nitrogen and oxygen atoms in total. The Hall–Kier alpha value is -1.02. The number of hydrogen-bond donors (Lipinski definition) is 2. The molecule has 1 aliphatic rings. The molecule has 2 N–H and O–H groups in total. The zero-order valence-corrected chi connectivity index (χ0v) is 7.52. The number of benzene rings is 1. The van der Waals surface area contributed by atoms with Crippen LogP contribution in [0.5, 0.6) is 0 Å². The minimum absolute atomic E-state index is 0.621. The molecular formula is C10H14N2. The van der Waals surface area contributed by atoms with Crippen LogP contribution in [-0.4, -0.2) is 0 Å². The van der Waals surface area contributed by atoms with Crippen molar-refractivity contribution in [2.45, 2.75) is 26.3 Å². The summed E-state index contributed by atoms with van der Waals surface area (Å²) >= 11 is 0. The highest BCUT2D eigenvalue weighted by Crippen LogP contribution is 2.24. The second kappa shape index (κ2) is 2.79. The summed E-state index contributed by atoms with van der Waals surface area (Å²) in [7, 11) is 0. The molecule has 12 heavy (non-hydrogen) atoms. The summed E-state index contributed by atoms with van der Waals surface area (Å²) < 4.78 is 0. The van der Waals surface area contributed by atoms with Crippen LogP contribution in [0.4, 0.5) is 5.69 Å². The van der Waals surface area contributed by atoms with E-state index in [4.69, 9.17) is 0 Å². The lowest BCUT2D eigenvalue weighted by Gasteiger charge is -2.06. The molecule has 0 fully saturated rings. The molecule has 0 saturated carbocycles. The average molecular weight is 162 g/mol. The minimum Gasteiger partial charge on any atom is -0.321 e. The largest absolute Gasteiger partial charge is 0.321 e. The molecule has 0 aromatic heterocycles. The lowest BCUT2D eigenvalue weighted by molar-refractivity contribution is 0.845. The molecule has 0 bridgehead atoms. The SMILES string of the molecule is CC(C)c1ccc2c(c1)CNN2. The van der Waals surface area contributed by atoms with Gasteiger partial charge in [0, 0.05) is 6.54 Å². The topological polar surface area (TPSA) is 24.1 Å². The van der Waals surface area contributed by atoms with Crippen molar-refractivity contribution in [1.29, 1.82) is 0 Å². The quantitative estimate of drug-likeness (QED) is 0.661. The lowest BCUT2D eigenvalue weighted by Crippen LogP contribution is -2.10. The normalized spacial score (nSPS) is 14.6. The Balaban J connectivity index is 2.39. The van der Waals surface area contributed by atoms with E-state index in [9.17, 15) is 0 Å². The van der Waals surface area contributed by atoms with E-state index in [0.717, 1.165) is 6.54 Å². The predicted octanol–water partition coefficient (Wildman–Crippen LogP) is 2.24. The van der Waals surface area contributed by atoms with Gasteiger partial charge in [0.05, 0.1) is 5.69 Å². The molecule has 0 atom stereocenters. The van der Waals surface area contributed by atoms with Crippen molar-refractivity contribution >= 4 is 5.69 Å². The highest BCUT2D eigenvalue weighted by Gasteiger charge is 2.10. The van der Waals surface area contributed by atoms with Crippen molar-refractivity contribution in [3.63, 3.8) is 0 Å². The van der Waals surface area contributed by atoms with Crippen LogP contribution in [-0.2, 0) is 6.54 Å². The van der Waals surface area contributed by atoms with Gasteiger partial charge in [-0.25, -0.2) is 5.43 Å². The van der Waals surface area contributed by atoms with Crippen molar-refractivity contribution in [3.8, 4) is 0 Å². The highest BCUT2D eigenvalue weighted by molar-refractivity contribution is 5.55. The van der Waals surface area contributed by atoms with Crippen LogP contribution in [0.3, 0.4) is 0 Å². The van der Waals surface area contributed by atoms with Gasteiger partial charge in [-0.1, -0.05) is 26.0 Å². The lowest BCUT2D eigenvalue weighted by atomic mass is 10.0. The first-order chi connectivity index (χ1) is 5.77. The third-order valence-electron chi connectivity index (χ3n) is 2.30. The summed E-state index contributed by atoms with van der Waals surface area (Å²) in [5, 5.41) is 0. The van der Waals surface area contributed by atoms with E-state index >= 15 is 0 Å². The average Bonchev–Trinajstić information content (AvgIpc) is 2.49. The predicted molar refractivity (Wildman–Crippen MR) is 51.0 cm³/mol. The van der Waals surface area contributed by atoms with E-state index in [-0.39, 0.29) is 0 Å². The van der Waals surface area contributed by atoms with Crippen LogP contribution >= 0.6 is 0 Å². The number of fused-ring (bicyclic) bond motifs is 1. The second-order valence-electron chi connectivity index (χ2n) is 3.55. The van der Waals surface area contributed by atoms with Gasteiger partial charge in [0.1, 0.15) is 0 Å². The summed E-state index contributed by atoms with van der Waals surface area (Å²) in [5.74, 6) is 0.621. The molecular weight excluding hydrogens is 148 g/mol. The smallest absolute Gasteiger partial charge is 0.0533 e. The maximum atomic E-state index is 3.12. The molecule has 2 heteroatoms. The van der Waals surface area contributed by atoms with Gasteiger partial charge < -0.3 is 5.43 Å². The molecule has 0 spiro atoms. The molecule has 0 unspecified atom stereocenters. The Morgan fingerprint density at radius 1 is 1.33 bits per heavy atom. The van der Waals surface area contributed by atoms with Gasteiger partial charge in [-0.05, 0) is 23.1 Å². The summed E-state index contributed by atoms with van der Waals surface area (Å²) in [5.41, 5.74) is 10.2. The van der Waals surface area contributed by atoms with Gasteiger partial charge in [0.15, 0.2) is 0 Å². The number of hydrogen-bond acceptors (Lipinski definition) is 2. The highest BCUT2D eigenvalue weighted by atomic mass is 15.4. The zero-order valence-electron chi connectivity index (χ0n) is 7.52. The van der Waals surface area contributed by atoms with Gasteiger partial charge in [-0.2, -0.15) is 0 Å². The van der Waals surface area contributed by atoms with E-state index in [2.05, 4.69) is 42.9 Å². The van der Waals surface area contributed by atoms with Crippen LogP contribution < -0.4 is 10.9 Å². The second-order valence-corrected chi connectivity index (χ2v) is 3.55. The third kappa shape index (κ3) is 1.18. The Bertz CT molecular complexity index is 292. The number of anilines is 1. The summed E-state index contributed by atoms with van der Waals surface area (Å²) in [6.07, 6.45) is 0. The monoisotopic (exact) mass is 162 g/mol. The number of rotatable bonds is 1. The Morgan fingerprint density at radius 3 is 2.92 bits per heavy atom. The van der Waals surface area contributed by atoms with E-state index in [1.54, 1.807) is 0 Å². The molecule has 0 saturated heterocycles. The minimum atomic E-state index is 0.621. The van der Waals surface area contributed by atoms with Crippen LogP contribution in [0.25, 0.3) is 0 Å². The Morgan fingerprint density at radius 2 is 2.17 bits per heavy atom. The van der Waals surface area contributed by atoms with Gasteiger partial charge in [-0.3, -0.25) is 0 Å². The first kappa shape index (κ1) is 7.62. The number of hydrazine groups is 1. The summed E-state index contributed by atoms with van der Waals surface area (Å²) in [4.78, 5) is 0. The van der Waals surface area contributed by atoms with Crippen LogP contribution in [0.1, 0.15) is 30.9 Å². The molecule has 1 aromatic rings. The molecule has 0 amide bonds. The molecule has 1 aliphatic heterocycles. The van der Waals surface area contributed by atoms with E-state index in [0.29, 0.717) is 5.92 Å². The zero-order chi connectivity index (χ0) is 8.55. The molecule has 0 radical (unpaired) electrons. The van der Waals surface area contributed by atoms with Crippen molar-refractivity contribution in [2.24, 2.45) is 0 Å². The van der Waals surface area contributed by atoms with Crippen LogP contribution in [0, 0.1) is 0 Å². The van der Waals surface area contributed by atoms with Crippen molar-refractivity contribution in [1.82, 2.24) is 5.43 Å². The van der Waals surface area contributed by atoms with E-state index in [1.165, 1.54) is 16.8 Å². The molecule has 1 heterocycles. The van der Waals surface area contributed by atoms with Gasteiger partial charge in [-0.15, -0.1) is 0 Å². The maximum absolute atomic E-state index is 3.12. The third-order valence-corrected chi connectivity index (χ3v) is 2.30. The Labute approximate surface area is 73.0 Å². The first-order valence-electron chi connectivity index (χ1n) is 4.39. The maximum Gasteiger partial charge on any atom is 0.0533 e. The van der Waals surface area contributed by atoms with Gasteiger partial charge >= 0.3 is 0 Å².